The zero-order valence-corrected chi connectivity index (χ0v) is 14.8. The molecule has 27 heavy (non-hydrogen) atoms. The fraction of sp³-hybridized carbons (Fsp3) is 0.100. The van der Waals surface area contributed by atoms with E-state index in [4.69, 9.17) is 4.74 Å². The number of amides is 1. The van der Waals surface area contributed by atoms with Crippen LogP contribution in [0.15, 0.2) is 65.8 Å². The highest BCUT2D eigenvalue weighted by Crippen LogP contribution is 2.22. The lowest BCUT2D eigenvalue weighted by Gasteiger charge is -2.06. The normalized spacial score (nSPS) is 11.3. The first-order valence-electron chi connectivity index (χ1n) is 8.15. The molecule has 0 spiro atoms. The third-order valence-corrected chi connectivity index (χ3v) is 4.13. The minimum absolute atomic E-state index is 0.0703. The predicted octanol–water partition coefficient (Wildman–Crippen LogP) is 3.91. The molecule has 0 aliphatic carbocycles. The lowest BCUT2D eigenvalue weighted by molar-refractivity contribution is -0.384. The average molecular weight is 363 g/mol. The highest BCUT2D eigenvalue weighted by atomic mass is 16.6. The number of benzene rings is 3. The van der Waals surface area contributed by atoms with Crippen molar-refractivity contribution in [1.29, 1.82) is 0 Å². The van der Waals surface area contributed by atoms with Gasteiger partial charge in [-0.15, -0.1) is 0 Å². The van der Waals surface area contributed by atoms with Crippen LogP contribution in [0.4, 0.5) is 5.69 Å². The molecule has 1 amide bonds. The van der Waals surface area contributed by atoms with E-state index < -0.39 is 10.8 Å². The Morgan fingerprint density at radius 3 is 2.30 bits per heavy atom. The third-order valence-electron chi connectivity index (χ3n) is 4.13. The van der Waals surface area contributed by atoms with Crippen molar-refractivity contribution in [2.24, 2.45) is 5.10 Å². The molecule has 0 aliphatic rings. The number of non-ortho nitro benzene ring substituents is 1. The van der Waals surface area contributed by atoms with Crippen molar-refractivity contribution < 1.29 is 14.5 Å². The zero-order valence-electron chi connectivity index (χ0n) is 14.8. The lowest BCUT2D eigenvalue weighted by atomic mass is 10.0. The van der Waals surface area contributed by atoms with Crippen molar-refractivity contribution in [1.82, 2.24) is 5.43 Å². The van der Waals surface area contributed by atoms with Gasteiger partial charge in [0.15, 0.2) is 0 Å². The molecule has 3 rings (SSSR count). The Labute approximate surface area is 155 Å². The number of nitrogens with one attached hydrogen (secondary N) is 1. The summed E-state index contributed by atoms with van der Waals surface area (Å²) in [5, 5.41) is 16.9. The van der Waals surface area contributed by atoms with Gasteiger partial charge in [0.05, 0.1) is 17.7 Å². The van der Waals surface area contributed by atoms with Crippen LogP contribution >= 0.6 is 0 Å². The first-order chi connectivity index (χ1) is 13.0. The number of rotatable bonds is 5. The van der Waals surface area contributed by atoms with E-state index in [0.29, 0.717) is 11.3 Å². The molecule has 0 radical (unpaired) electrons. The molecule has 7 heteroatoms. The van der Waals surface area contributed by atoms with Gasteiger partial charge in [-0.1, -0.05) is 18.2 Å². The van der Waals surface area contributed by atoms with E-state index in [0.717, 1.165) is 22.1 Å². The van der Waals surface area contributed by atoms with Gasteiger partial charge < -0.3 is 4.74 Å². The number of carbonyl (C=O) groups is 1. The molecule has 0 bridgehead atoms. The summed E-state index contributed by atoms with van der Waals surface area (Å²) in [5.74, 6) is 0.353. The van der Waals surface area contributed by atoms with Gasteiger partial charge in [0.2, 0.25) is 0 Å². The molecule has 0 heterocycles. The quantitative estimate of drug-likeness (QED) is 0.422. The summed E-state index contributed by atoms with van der Waals surface area (Å²) in [5.41, 5.74) is 4.21. The maximum Gasteiger partial charge on any atom is 0.271 e. The summed E-state index contributed by atoms with van der Waals surface area (Å²) in [6.45, 7) is 1.79. The molecule has 0 atom stereocenters. The minimum atomic E-state index is -0.515. The highest BCUT2D eigenvalue weighted by molar-refractivity contribution is 6.03. The predicted molar refractivity (Wildman–Crippen MR) is 103 cm³/mol. The number of nitro benzene ring substituents is 1. The van der Waals surface area contributed by atoms with Crippen LogP contribution in [-0.4, -0.2) is 23.7 Å². The van der Waals surface area contributed by atoms with Crippen molar-refractivity contribution in [3.8, 4) is 5.75 Å². The molecule has 0 aromatic heterocycles. The summed E-state index contributed by atoms with van der Waals surface area (Å²) in [4.78, 5) is 22.3. The molecule has 3 aromatic rings. The van der Waals surface area contributed by atoms with E-state index in [1.807, 2.05) is 36.4 Å². The van der Waals surface area contributed by atoms with E-state index >= 15 is 0 Å². The van der Waals surface area contributed by atoms with Crippen LogP contribution in [0.2, 0.25) is 0 Å². The fourth-order valence-electron chi connectivity index (χ4n) is 2.57. The molecule has 0 saturated carbocycles. The molecule has 3 aromatic carbocycles. The Kier molecular flexibility index (Phi) is 5.12. The second-order valence-electron chi connectivity index (χ2n) is 5.87. The topological polar surface area (TPSA) is 93.8 Å². The molecule has 0 fully saturated rings. The highest BCUT2D eigenvalue weighted by Gasteiger charge is 2.09. The number of hydrazone groups is 1. The van der Waals surface area contributed by atoms with Crippen molar-refractivity contribution in [3.05, 3.63) is 81.9 Å². The lowest BCUT2D eigenvalue weighted by Crippen LogP contribution is -2.19. The smallest absolute Gasteiger partial charge is 0.271 e. The molecular formula is C20H17N3O4. The van der Waals surface area contributed by atoms with Gasteiger partial charge in [0.1, 0.15) is 5.75 Å². The van der Waals surface area contributed by atoms with Crippen LogP contribution in [0.1, 0.15) is 22.8 Å². The minimum Gasteiger partial charge on any atom is -0.497 e. The summed E-state index contributed by atoms with van der Waals surface area (Å²) >= 11 is 0. The van der Waals surface area contributed by atoms with E-state index in [1.54, 1.807) is 14.0 Å². The number of carbonyl (C=O) groups excluding carboxylic acids is 1. The Bertz CT molecular complexity index is 1040. The average Bonchev–Trinajstić information content (AvgIpc) is 2.70. The van der Waals surface area contributed by atoms with Crippen molar-refractivity contribution in [3.63, 3.8) is 0 Å². The van der Waals surface area contributed by atoms with Crippen molar-refractivity contribution >= 4 is 28.1 Å². The molecule has 136 valence electrons. The standard InChI is InChI=1S/C20H17N3O4/c1-13(15-3-4-17-12-19(27-2)10-7-16(17)11-15)21-22-20(24)14-5-8-18(9-6-14)23(25)26/h3-12H,1-2H3,(H,22,24)/b21-13-. The Hall–Kier alpha value is -3.74. The number of methoxy groups -OCH3 is 1. The maximum absolute atomic E-state index is 12.1. The summed E-state index contributed by atoms with van der Waals surface area (Å²) < 4.78 is 5.22. The number of nitrogens with zero attached hydrogens (tertiary/aromatic N) is 2. The molecule has 0 aliphatic heterocycles. The van der Waals surface area contributed by atoms with Crippen molar-refractivity contribution in [2.75, 3.05) is 7.11 Å². The number of fused-ring (bicyclic) bond motifs is 1. The van der Waals surface area contributed by atoms with Crippen LogP contribution in [-0.2, 0) is 0 Å². The maximum atomic E-state index is 12.1. The number of nitro groups is 1. The molecule has 0 saturated heterocycles. The van der Waals surface area contributed by atoms with E-state index in [9.17, 15) is 14.9 Å². The van der Waals surface area contributed by atoms with Gasteiger partial charge in [-0.05, 0) is 53.6 Å². The SMILES string of the molecule is COc1ccc2cc(/C(C)=N\NC(=O)c3ccc([N+](=O)[O-])cc3)ccc2c1. The largest absolute Gasteiger partial charge is 0.497 e. The van der Waals surface area contributed by atoms with E-state index in [2.05, 4.69) is 10.5 Å². The van der Waals surface area contributed by atoms with Gasteiger partial charge in [0, 0.05) is 17.7 Å². The van der Waals surface area contributed by atoms with Crippen LogP contribution in [0.5, 0.6) is 5.75 Å². The first-order valence-corrected chi connectivity index (χ1v) is 8.15. The van der Waals surface area contributed by atoms with E-state index in [1.165, 1.54) is 24.3 Å². The number of hydrogen-bond donors (Lipinski definition) is 1. The first kappa shape index (κ1) is 18.1. The fourth-order valence-corrected chi connectivity index (χ4v) is 2.57. The van der Waals surface area contributed by atoms with Gasteiger partial charge >= 0.3 is 0 Å². The Morgan fingerprint density at radius 2 is 1.63 bits per heavy atom. The van der Waals surface area contributed by atoms with E-state index in [-0.39, 0.29) is 5.69 Å². The molecular weight excluding hydrogens is 346 g/mol. The second kappa shape index (κ2) is 7.65. The van der Waals surface area contributed by atoms with Gasteiger partial charge in [-0.3, -0.25) is 14.9 Å². The molecule has 1 N–H and O–H groups in total. The zero-order chi connectivity index (χ0) is 19.4. The Morgan fingerprint density at radius 1 is 1.00 bits per heavy atom. The number of ether oxygens (including phenoxy) is 1. The Balaban J connectivity index is 1.75. The van der Waals surface area contributed by atoms with Crippen LogP contribution in [0.3, 0.4) is 0 Å². The van der Waals surface area contributed by atoms with Gasteiger partial charge in [0.25, 0.3) is 11.6 Å². The number of hydrogen-bond acceptors (Lipinski definition) is 5. The monoisotopic (exact) mass is 363 g/mol. The van der Waals surface area contributed by atoms with Crippen LogP contribution in [0.25, 0.3) is 10.8 Å². The van der Waals surface area contributed by atoms with Gasteiger partial charge in [-0.2, -0.15) is 5.10 Å². The van der Waals surface area contributed by atoms with Crippen LogP contribution in [0, 0.1) is 10.1 Å². The molecule has 7 nitrogen and oxygen atoms in total. The van der Waals surface area contributed by atoms with Crippen LogP contribution < -0.4 is 10.2 Å². The third kappa shape index (κ3) is 4.09. The van der Waals surface area contributed by atoms with Gasteiger partial charge in [-0.25, -0.2) is 5.43 Å². The second-order valence-corrected chi connectivity index (χ2v) is 5.87. The summed E-state index contributed by atoms with van der Waals surface area (Å²) in [6, 6.07) is 17.0. The summed E-state index contributed by atoms with van der Waals surface area (Å²) in [6.07, 6.45) is 0. The van der Waals surface area contributed by atoms with Crippen molar-refractivity contribution in [2.45, 2.75) is 6.92 Å². The summed E-state index contributed by atoms with van der Waals surface area (Å²) in [7, 11) is 1.62. The molecule has 0 unspecified atom stereocenters.